The van der Waals surface area contributed by atoms with Gasteiger partial charge in [0.15, 0.2) is 5.96 Å². The van der Waals surface area contributed by atoms with Gasteiger partial charge in [-0.25, -0.2) is 0 Å². The highest BCUT2D eigenvalue weighted by Crippen LogP contribution is 2.24. The molecule has 1 saturated carbocycles. The van der Waals surface area contributed by atoms with Crippen LogP contribution in [0.4, 0.5) is 0 Å². The molecular formula is C8H17N3. The van der Waals surface area contributed by atoms with Crippen molar-refractivity contribution in [2.75, 3.05) is 20.6 Å². The van der Waals surface area contributed by atoms with E-state index in [1.807, 2.05) is 7.05 Å². The molecule has 0 bridgehead atoms. The zero-order chi connectivity index (χ0) is 8.10. The van der Waals surface area contributed by atoms with Crippen LogP contribution in [0.15, 0.2) is 4.99 Å². The molecule has 0 heterocycles. The summed E-state index contributed by atoms with van der Waals surface area (Å²) >= 11 is 0. The first-order valence-corrected chi connectivity index (χ1v) is 4.25. The largest absolute Gasteiger partial charge is 0.359 e. The Balaban J connectivity index is 2.09. The van der Waals surface area contributed by atoms with Crippen LogP contribution in [0.3, 0.4) is 0 Å². The summed E-state index contributed by atoms with van der Waals surface area (Å²) in [4.78, 5) is 4.03. The van der Waals surface area contributed by atoms with E-state index in [0.717, 1.165) is 18.4 Å². The van der Waals surface area contributed by atoms with Crippen LogP contribution in [-0.4, -0.2) is 26.6 Å². The summed E-state index contributed by atoms with van der Waals surface area (Å²) in [5.41, 5.74) is 0. The maximum Gasteiger partial charge on any atom is 0.190 e. The molecule has 64 valence electrons. The predicted octanol–water partition coefficient (Wildman–Crippen LogP) is 0.581. The van der Waals surface area contributed by atoms with Gasteiger partial charge in [0.1, 0.15) is 0 Å². The van der Waals surface area contributed by atoms with Crippen LogP contribution in [0.5, 0.6) is 0 Å². The summed E-state index contributed by atoms with van der Waals surface area (Å²) in [6, 6.07) is 0. The van der Waals surface area contributed by atoms with Crippen LogP contribution < -0.4 is 10.6 Å². The quantitative estimate of drug-likeness (QED) is 0.452. The minimum atomic E-state index is 0.889. The lowest BCUT2D eigenvalue weighted by Gasteiger charge is -2.25. The van der Waals surface area contributed by atoms with E-state index in [4.69, 9.17) is 0 Å². The highest BCUT2D eigenvalue weighted by molar-refractivity contribution is 5.79. The van der Waals surface area contributed by atoms with Gasteiger partial charge in [-0.2, -0.15) is 0 Å². The van der Waals surface area contributed by atoms with Crippen molar-refractivity contribution in [1.29, 1.82) is 0 Å². The van der Waals surface area contributed by atoms with E-state index < -0.39 is 0 Å². The second kappa shape index (κ2) is 4.21. The van der Waals surface area contributed by atoms with E-state index >= 15 is 0 Å². The van der Waals surface area contributed by atoms with Crippen molar-refractivity contribution in [3.8, 4) is 0 Å². The average molecular weight is 155 g/mol. The van der Waals surface area contributed by atoms with Crippen molar-refractivity contribution in [2.24, 2.45) is 10.9 Å². The van der Waals surface area contributed by atoms with Gasteiger partial charge in [-0.05, 0) is 18.8 Å². The fourth-order valence-corrected chi connectivity index (χ4v) is 1.22. The van der Waals surface area contributed by atoms with Crippen molar-refractivity contribution in [2.45, 2.75) is 19.3 Å². The van der Waals surface area contributed by atoms with Gasteiger partial charge in [0.2, 0.25) is 0 Å². The molecule has 0 saturated heterocycles. The molecular weight excluding hydrogens is 138 g/mol. The number of guanidine groups is 1. The molecule has 1 fully saturated rings. The van der Waals surface area contributed by atoms with Crippen LogP contribution in [0.25, 0.3) is 0 Å². The summed E-state index contributed by atoms with van der Waals surface area (Å²) in [7, 11) is 3.68. The van der Waals surface area contributed by atoms with E-state index in [-0.39, 0.29) is 0 Å². The lowest BCUT2D eigenvalue weighted by molar-refractivity contribution is 0.315. The Labute approximate surface area is 68.3 Å². The molecule has 1 rings (SSSR count). The maximum absolute atomic E-state index is 4.03. The highest BCUT2D eigenvalue weighted by Gasteiger charge is 2.16. The Morgan fingerprint density at radius 1 is 1.55 bits per heavy atom. The van der Waals surface area contributed by atoms with Crippen LogP contribution in [0.2, 0.25) is 0 Å². The Hall–Kier alpha value is -0.730. The van der Waals surface area contributed by atoms with Crippen LogP contribution >= 0.6 is 0 Å². The van der Waals surface area contributed by atoms with Gasteiger partial charge >= 0.3 is 0 Å². The summed E-state index contributed by atoms with van der Waals surface area (Å²) in [6.45, 7) is 1.08. The maximum atomic E-state index is 4.03. The van der Waals surface area contributed by atoms with E-state index in [2.05, 4.69) is 15.6 Å². The molecule has 0 aromatic heterocycles. The first-order valence-electron chi connectivity index (χ1n) is 4.25. The SMILES string of the molecule is CN=C(NC)NCC1CCC1. The molecule has 0 aromatic rings. The van der Waals surface area contributed by atoms with Gasteiger partial charge in [0.05, 0.1) is 0 Å². The van der Waals surface area contributed by atoms with Crippen molar-refractivity contribution in [1.82, 2.24) is 10.6 Å². The fourth-order valence-electron chi connectivity index (χ4n) is 1.22. The molecule has 1 aliphatic rings. The molecule has 0 radical (unpaired) electrons. The number of hydrogen-bond acceptors (Lipinski definition) is 1. The van der Waals surface area contributed by atoms with Crippen molar-refractivity contribution in [3.63, 3.8) is 0 Å². The number of nitrogens with zero attached hydrogens (tertiary/aromatic N) is 1. The van der Waals surface area contributed by atoms with Crippen molar-refractivity contribution < 1.29 is 0 Å². The van der Waals surface area contributed by atoms with Crippen LogP contribution in [0.1, 0.15) is 19.3 Å². The normalized spacial score (nSPS) is 19.3. The summed E-state index contributed by atoms with van der Waals surface area (Å²) in [6.07, 6.45) is 4.17. The van der Waals surface area contributed by atoms with Gasteiger partial charge in [-0.3, -0.25) is 4.99 Å². The van der Waals surface area contributed by atoms with Crippen molar-refractivity contribution >= 4 is 5.96 Å². The fraction of sp³-hybridized carbons (Fsp3) is 0.875. The van der Waals surface area contributed by atoms with Crippen molar-refractivity contribution in [3.05, 3.63) is 0 Å². The van der Waals surface area contributed by atoms with Crippen LogP contribution in [-0.2, 0) is 0 Å². The summed E-state index contributed by atoms with van der Waals surface area (Å²) in [5.74, 6) is 1.79. The highest BCUT2D eigenvalue weighted by atomic mass is 15.1. The third-order valence-corrected chi connectivity index (χ3v) is 2.24. The average Bonchev–Trinajstić information content (AvgIpc) is 1.95. The Kier molecular flexibility index (Phi) is 3.20. The smallest absolute Gasteiger partial charge is 0.190 e. The number of aliphatic imine (C=N–C) groups is 1. The molecule has 2 N–H and O–H groups in total. The Bertz CT molecular complexity index is 138. The van der Waals surface area contributed by atoms with Gasteiger partial charge in [0, 0.05) is 20.6 Å². The van der Waals surface area contributed by atoms with Gasteiger partial charge in [-0.1, -0.05) is 6.42 Å². The topological polar surface area (TPSA) is 36.4 Å². The lowest BCUT2D eigenvalue weighted by Crippen LogP contribution is -2.39. The second-order valence-electron chi connectivity index (χ2n) is 3.00. The standard InChI is InChI=1S/C8H17N3/c1-9-8(10-2)11-6-7-4-3-5-7/h7H,3-6H2,1-2H3,(H2,9,10,11). The summed E-state index contributed by atoms with van der Waals surface area (Å²) < 4.78 is 0. The molecule has 0 spiro atoms. The lowest BCUT2D eigenvalue weighted by atomic mass is 9.85. The third kappa shape index (κ3) is 2.41. The molecule has 11 heavy (non-hydrogen) atoms. The van der Waals surface area contributed by atoms with Crippen LogP contribution in [0, 0.1) is 5.92 Å². The molecule has 0 aliphatic heterocycles. The first kappa shape index (κ1) is 8.37. The monoisotopic (exact) mass is 155 g/mol. The Morgan fingerprint density at radius 3 is 2.64 bits per heavy atom. The number of hydrogen-bond donors (Lipinski definition) is 2. The number of rotatable bonds is 2. The molecule has 0 atom stereocenters. The molecule has 1 aliphatic carbocycles. The van der Waals surface area contributed by atoms with E-state index in [1.165, 1.54) is 19.3 Å². The zero-order valence-corrected chi connectivity index (χ0v) is 7.35. The van der Waals surface area contributed by atoms with Gasteiger partial charge in [0.25, 0.3) is 0 Å². The first-order chi connectivity index (χ1) is 5.36. The minimum Gasteiger partial charge on any atom is -0.359 e. The predicted molar refractivity (Wildman–Crippen MR) is 47.8 cm³/mol. The summed E-state index contributed by atoms with van der Waals surface area (Å²) in [5, 5.41) is 6.25. The molecule has 0 unspecified atom stereocenters. The molecule has 3 heteroatoms. The molecule has 0 amide bonds. The van der Waals surface area contributed by atoms with Gasteiger partial charge in [-0.15, -0.1) is 0 Å². The number of nitrogens with one attached hydrogen (secondary N) is 2. The molecule has 3 nitrogen and oxygen atoms in total. The van der Waals surface area contributed by atoms with E-state index in [1.54, 1.807) is 7.05 Å². The molecule has 0 aromatic carbocycles. The van der Waals surface area contributed by atoms with Gasteiger partial charge < -0.3 is 10.6 Å². The van der Waals surface area contributed by atoms with E-state index in [9.17, 15) is 0 Å². The second-order valence-corrected chi connectivity index (χ2v) is 3.00. The van der Waals surface area contributed by atoms with E-state index in [0.29, 0.717) is 0 Å². The minimum absolute atomic E-state index is 0.889. The Morgan fingerprint density at radius 2 is 2.27 bits per heavy atom. The zero-order valence-electron chi connectivity index (χ0n) is 7.35. The third-order valence-electron chi connectivity index (χ3n) is 2.24.